The van der Waals surface area contributed by atoms with E-state index in [1.54, 1.807) is 0 Å². The Bertz CT molecular complexity index is 1310. The molecule has 6 rings (SSSR count). The third kappa shape index (κ3) is 2.35. The van der Waals surface area contributed by atoms with Crippen LogP contribution in [0.5, 0.6) is 0 Å². The minimum Gasteiger partial charge on any atom is -0.298 e. The zero-order valence-electron chi connectivity index (χ0n) is 19.4. The molecular weight excluding hydrogens is 422 g/mol. The van der Waals surface area contributed by atoms with Gasteiger partial charge in [-0.1, -0.05) is 78.4 Å². The van der Waals surface area contributed by atoms with Crippen molar-refractivity contribution in [2.24, 2.45) is 22.7 Å². The number of Topliss-reactive ketones (excluding diaryl/α,β-unsaturated/α-hetero) is 1. The Kier molecular flexibility index (Phi) is 4.20. The summed E-state index contributed by atoms with van der Waals surface area (Å²) in [6.45, 7) is 5.72. The monoisotopic (exact) mass is 447 g/mol. The number of allylic oxidation sites excluding steroid dienone is 2. The number of benzene rings is 3. The lowest BCUT2D eigenvalue weighted by Crippen LogP contribution is -2.40. The maximum absolute atomic E-state index is 14.2. The zero-order valence-corrected chi connectivity index (χ0v) is 19.4. The van der Waals surface area contributed by atoms with Crippen molar-refractivity contribution in [3.8, 4) is 0 Å². The van der Waals surface area contributed by atoms with Crippen molar-refractivity contribution < 1.29 is 14.4 Å². The van der Waals surface area contributed by atoms with Gasteiger partial charge in [0.2, 0.25) is 11.8 Å². The highest BCUT2D eigenvalue weighted by molar-refractivity contribution is 6.34. The minimum atomic E-state index is -1.09. The van der Waals surface area contributed by atoms with Crippen molar-refractivity contribution in [1.29, 1.82) is 0 Å². The Balaban J connectivity index is 1.62. The molecule has 0 N–H and O–H groups in total. The van der Waals surface area contributed by atoms with Crippen LogP contribution >= 0.6 is 0 Å². The van der Waals surface area contributed by atoms with Gasteiger partial charge in [-0.2, -0.15) is 0 Å². The van der Waals surface area contributed by atoms with E-state index >= 15 is 0 Å². The number of hydrogen-bond acceptors (Lipinski definition) is 3. The van der Waals surface area contributed by atoms with Gasteiger partial charge < -0.3 is 0 Å². The molecule has 3 aromatic rings. The van der Waals surface area contributed by atoms with Crippen molar-refractivity contribution >= 4 is 34.4 Å². The summed E-state index contributed by atoms with van der Waals surface area (Å²) >= 11 is 0. The van der Waals surface area contributed by atoms with Crippen LogP contribution in [0.25, 0.3) is 11.1 Å². The fraction of sp³-hybridized carbons (Fsp3) is 0.233. The minimum absolute atomic E-state index is 0.0297. The van der Waals surface area contributed by atoms with Crippen LogP contribution in [0.15, 0.2) is 84.9 Å². The molecule has 2 aliphatic carbocycles. The second-order valence-corrected chi connectivity index (χ2v) is 10.0. The van der Waals surface area contributed by atoms with Crippen molar-refractivity contribution in [2.45, 2.75) is 20.8 Å². The predicted molar refractivity (Wildman–Crippen MR) is 132 cm³/mol. The van der Waals surface area contributed by atoms with E-state index < -0.39 is 22.7 Å². The van der Waals surface area contributed by atoms with Crippen molar-refractivity contribution in [1.82, 2.24) is 0 Å². The number of aryl methyl sites for hydroxylation is 1. The lowest BCUT2D eigenvalue weighted by molar-refractivity contribution is -0.133. The SMILES string of the molecule is Cc1ccc(N2C(=O)[C@@H]3[C@H](C2=O)[C@@]2(C)C(=O)[C@@]3(C)C(c3ccccc3)=C2c2ccccc2)cc1. The van der Waals surface area contributed by atoms with E-state index in [1.807, 2.05) is 106 Å². The summed E-state index contributed by atoms with van der Waals surface area (Å²) in [5.74, 6) is -2.03. The Morgan fingerprint density at radius 2 is 1.03 bits per heavy atom. The summed E-state index contributed by atoms with van der Waals surface area (Å²) in [7, 11) is 0. The summed E-state index contributed by atoms with van der Waals surface area (Å²) in [4.78, 5) is 43.4. The highest BCUT2D eigenvalue weighted by Crippen LogP contribution is 2.73. The summed E-state index contributed by atoms with van der Waals surface area (Å²) in [5, 5.41) is 0. The van der Waals surface area contributed by atoms with E-state index in [2.05, 4.69) is 0 Å². The van der Waals surface area contributed by atoms with Gasteiger partial charge in [0.15, 0.2) is 5.78 Å². The predicted octanol–water partition coefficient (Wildman–Crippen LogP) is 5.32. The molecule has 3 aliphatic rings. The van der Waals surface area contributed by atoms with E-state index in [-0.39, 0.29) is 17.6 Å². The zero-order chi connectivity index (χ0) is 23.8. The number of carbonyl (C=O) groups is 3. The van der Waals surface area contributed by atoms with Crippen LogP contribution < -0.4 is 4.90 Å². The largest absolute Gasteiger partial charge is 0.298 e. The van der Waals surface area contributed by atoms with Crippen LogP contribution in [0.3, 0.4) is 0 Å². The van der Waals surface area contributed by atoms with Gasteiger partial charge in [-0.3, -0.25) is 14.4 Å². The third-order valence-corrected chi connectivity index (χ3v) is 8.20. The lowest BCUT2D eigenvalue weighted by Gasteiger charge is -2.35. The Labute approximate surface area is 198 Å². The van der Waals surface area contributed by atoms with Gasteiger partial charge in [-0.05, 0) is 55.2 Å². The molecule has 34 heavy (non-hydrogen) atoms. The number of anilines is 1. The number of hydrogen-bond donors (Lipinski definition) is 0. The molecule has 3 aromatic carbocycles. The first-order valence-corrected chi connectivity index (χ1v) is 11.7. The molecule has 0 spiro atoms. The van der Waals surface area contributed by atoms with Crippen molar-refractivity contribution in [3.05, 3.63) is 102 Å². The van der Waals surface area contributed by atoms with E-state index in [4.69, 9.17) is 0 Å². The Morgan fingerprint density at radius 3 is 1.44 bits per heavy atom. The first-order chi connectivity index (χ1) is 16.3. The molecule has 1 saturated heterocycles. The molecular formula is C30H25NO3. The van der Waals surface area contributed by atoms with Gasteiger partial charge in [-0.15, -0.1) is 0 Å². The van der Waals surface area contributed by atoms with Gasteiger partial charge in [-0.25, -0.2) is 4.90 Å². The topological polar surface area (TPSA) is 54.5 Å². The number of rotatable bonds is 3. The molecule has 0 aromatic heterocycles. The van der Waals surface area contributed by atoms with Crippen LogP contribution in [0.2, 0.25) is 0 Å². The number of nitrogens with zero attached hydrogens (tertiary/aromatic N) is 1. The van der Waals surface area contributed by atoms with Crippen molar-refractivity contribution in [3.63, 3.8) is 0 Å². The molecule has 0 radical (unpaired) electrons. The Morgan fingerprint density at radius 1 is 0.618 bits per heavy atom. The van der Waals surface area contributed by atoms with Crippen LogP contribution in [0.1, 0.15) is 30.5 Å². The van der Waals surface area contributed by atoms with Crippen LogP contribution in [0.4, 0.5) is 5.69 Å². The Hall–Kier alpha value is -3.79. The molecule has 2 amide bonds. The summed E-state index contributed by atoms with van der Waals surface area (Å²) in [6, 6.07) is 27.1. The lowest BCUT2D eigenvalue weighted by atomic mass is 9.63. The van der Waals surface area contributed by atoms with Gasteiger partial charge in [0.05, 0.1) is 28.4 Å². The maximum Gasteiger partial charge on any atom is 0.239 e. The summed E-state index contributed by atoms with van der Waals surface area (Å²) in [5.41, 5.74) is 3.05. The molecule has 0 unspecified atom stereocenters. The molecule has 1 saturated carbocycles. The van der Waals surface area contributed by atoms with Gasteiger partial charge in [0.1, 0.15) is 0 Å². The third-order valence-electron chi connectivity index (χ3n) is 8.20. The normalized spacial score (nSPS) is 29.9. The van der Waals surface area contributed by atoms with Gasteiger partial charge >= 0.3 is 0 Å². The van der Waals surface area contributed by atoms with Crippen molar-refractivity contribution in [2.75, 3.05) is 4.90 Å². The molecule has 4 nitrogen and oxygen atoms in total. The molecule has 4 heteroatoms. The molecule has 4 atom stereocenters. The van der Waals surface area contributed by atoms with E-state index in [0.717, 1.165) is 27.8 Å². The second kappa shape index (κ2) is 6.86. The molecule has 1 heterocycles. The molecule has 2 fully saturated rings. The number of ketones is 1. The van der Waals surface area contributed by atoms with Crippen LogP contribution in [-0.4, -0.2) is 17.6 Å². The smallest absolute Gasteiger partial charge is 0.239 e. The highest BCUT2D eigenvalue weighted by atomic mass is 16.2. The number of imide groups is 1. The van der Waals surface area contributed by atoms with Crippen LogP contribution in [-0.2, 0) is 14.4 Å². The quantitative estimate of drug-likeness (QED) is 0.511. The average molecular weight is 448 g/mol. The molecule has 2 bridgehead atoms. The number of carbonyl (C=O) groups excluding carboxylic acids is 3. The molecule has 168 valence electrons. The first-order valence-electron chi connectivity index (χ1n) is 11.7. The van der Waals surface area contributed by atoms with E-state index in [9.17, 15) is 14.4 Å². The van der Waals surface area contributed by atoms with E-state index in [1.165, 1.54) is 4.90 Å². The first kappa shape index (κ1) is 20.8. The van der Waals surface area contributed by atoms with Gasteiger partial charge in [0, 0.05) is 0 Å². The standard InChI is InChI=1S/C30H25NO3/c1-18-14-16-21(17-15-18)31-26(32)24-25(27(31)33)30(3)23(20-12-8-5-9-13-20)22(29(24,2)28(30)34)19-10-6-4-7-11-19/h4-17,24-25H,1-3H3/t24-,25+,29-,30-/m0/s1. The summed E-state index contributed by atoms with van der Waals surface area (Å²) < 4.78 is 0. The van der Waals surface area contributed by atoms with Gasteiger partial charge in [0.25, 0.3) is 0 Å². The molecule has 1 aliphatic heterocycles. The number of fused-ring (bicyclic) bond motifs is 5. The fourth-order valence-corrected chi connectivity index (χ4v) is 6.76. The number of amides is 2. The summed E-state index contributed by atoms with van der Waals surface area (Å²) in [6.07, 6.45) is 0. The average Bonchev–Trinajstić information content (AvgIpc) is 3.30. The second-order valence-electron chi connectivity index (χ2n) is 10.0. The fourth-order valence-electron chi connectivity index (χ4n) is 6.76. The highest BCUT2D eigenvalue weighted by Gasteiger charge is 2.78. The van der Waals surface area contributed by atoms with E-state index in [0.29, 0.717) is 5.69 Å². The van der Waals surface area contributed by atoms with Crippen LogP contribution in [0, 0.1) is 29.6 Å². The maximum atomic E-state index is 14.2.